The van der Waals surface area contributed by atoms with Crippen LogP contribution in [0, 0.1) is 25.2 Å². The van der Waals surface area contributed by atoms with Gasteiger partial charge in [-0.05, 0) is 37.6 Å². The summed E-state index contributed by atoms with van der Waals surface area (Å²) in [7, 11) is 0. The summed E-state index contributed by atoms with van der Waals surface area (Å²) in [6.45, 7) is 4.67. The van der Waals surface area contributed by atoms with Gasteiger partial charge >= 0.3 is 0 Å². The molecule has 0 spiro atoms. The average molecular weight is 283 g/mol. The minimum atomic E-state index is 0.639. The predicted molar refractivity (Wildman–Crippen MR) is 84.1 cm³/mol. The Hall–Kier alpha value is -1.99. The normalized spacial score (nSPS) is 10.1. The number of nitrogens with one attached hydrogen (secondary N) is 1. The summed E-state index contributed by atoms with van der Waals surface area (Å²) in [6, 6.07) is 14.4. The van der Waals surface area contributed by atoms with Crippen molar-refractivity contribution in [1.29, 1.82) is 5.26 Å². The minimum Gasteiger partial charge on any atom is -0.368 e. The summed E-state index contributed by atoms with van der Waals surface area (Å²) < 4.78 is 0. The molecule has 4 heteroatoms. The summed E-state index contributed by atoms with van der Waals surface area (Å²) in [5.41, 5.74) is 2.54. The Morgan fingerprint density at radius 1 is 1.25 bits per heavy atom. The van der Waals surface area contributed by atoms with Gasteiger partial charge in [0.2, 0.25) is 0 Å². The molecule has 0 saturated carbocycles. The molecule has 0 saturated heterocycles. The largest absolute Gasteiger partial charge is 0.368 e. The molecule has 0 atom stereocenters. The number of aromatic nitrogens is 1. The summed E-state index contributed by atoms with van der Waals surface area (Å²) in [6.07, 6.45) is 0. The van der Waals surface area contributed by atoms with Gasteiger partial charge in [-0.3, -0.25) is 0 Å². The average Bonchev–Trinajstić information content (AvgIpc) is 2.44. The van der Waals surface area contributed by atoms with Gasteiger partial charge in [-0.15, -0.1) is 11.8 Å². The van der Waals surface area contributed by atoms with Crippen LogP contribution in [-0.4, -0.2) is 17.3 Å². The van der Waals surface area contributed by atoms with Gasteiger partial charge in [0.25, 0.3) is 0 Å². The number of pyridine rings is 1. The predicted octanol–water partition coefficient (Wildman–Crippen LogP) is 3.77. The quantitative estimate of drug-likeness (QED) is 0.670. The summed E-state index contributed by atoms with van der Waals surface area (Å²) in [4.78, 5) is 5.66. The maximum absolute atomic E-state index is 9.19. The lowest BCUT2D eigenvalue weighted by Gasteiger charge is -2.10. The lowest BCUT2D eigenvalue weighted by Crippen LogP contribution is -2.09. The molecule has 1 aromatic heterocycles. The van der Waals surface area contributed by atoms with E-state index < -0.39 is 0 Å². The van der Waals surface area contributed by atoms with Gasteiger partial charge in [0, 0.05) is 22.9 Å². The molecule has 0 aliphatic heterocycles. The second-order valence-corrected chi connectivity index (χ2v) is 5.67. The number of rotatable bonds is 5. The van der Waals surface area contributed by atoms with E-state index >= 15 is 0 Å². The number of benzene rings is 1. The molecule has 20 heavy (non-hydrogen) atoms. The van der Waals surface area contributed by atoms with Crippen molar-refractivity contribution in [3.05, 3.63) is 53.2 Å². The van der Waals surface area contributed by atoms with E-state index in [0.29, 0.717) is 11.4 Å². The molecule has 1 heterocycles. The van der Waals surface area contributed by atoms with Crippen LogP contribution in [-0.2, 0) is 0 Å². The molecule has 1 aromatic carbocycles. The van der Waals surface area contributed by atoms with E-state index in [4.69, 9.17) is 0 Å². The third-order valence-electron chi connectivity index (χ3n) is 2.86. The smallest absolute Gasteiger partial charge is 0.144 e. The molecular formula is C16H17N3S. The zero-order valence-electron chi connectivity index (χ0n) is 11.7. The maximum Gasteiger partial charge on any atom is 0.144 e. The van der Waals surface area contributed by atoms with Crippen molar-refractivity contribution in [2.24, 2.45) is 0 Å². The van der Waals surface area contributed by atoms with Crippen molar-refractivity contribution in [1.82, 2.24) is 4.98 Å². The fourth-order valence-corrected chi connectivity index (χ4v) is 2.75. The molecule has 2 rings (SSSR count). The Balaban J connectivity index is 1.93. The SMILES string of the molecule is Cc1cc(C)c(C#N)c(NCCSc2ccccc2)n1. The lowest BCUT2D eigenvalue weighted by molar-refractivity contribution is 1.11. The molecule has 0 aliphatic rings. The van der Waals surface area contributed by atoms with Crippen molar-refractivity contribution in [2.75, 3.05) is 17.6 Å². The van der Waals surface area contributed by atoms with Crippen LogP contribution >= 0.6 is 11.8 Å². The van der Waals surface area contributed by atoms with Crippen LogP contribution in [0.3, 0.4) is 0 Å². The van der Waals surface area contributed by atoms with Gasteiger partial charge in [-0.2, -0.15) is 5.26 Å². The van der Waals surface area contributed by atoms with Crippen molar-refractivity contribution < 1.29 is 0 Å². The Bertz CT molecular complexity index is 618. The zero-order chi connectivity index (χ0) is 14.4. The topological polar surface area (TPSA) is 48.7 Å². The Kier molecular flexibility index (Phi) is 5.03. The fraction of sp³-hybridized carbons (Fsp3) is 0.250. The first kappa shape index (κ1) is 14.4. The number of anilines is 1. The Morgan fingerprint density at radius 2 is 2.00 bits per heavy atom. The molecule has 0 aliphatic carbocycles. The second-order valence-electron chi connectivity index (χ2n) is 4.50. The Labute approximate surface area is 124 Å². The first-order valence-electron chi connectivity index (χ1n) is 6.51. The first-order chi connectivity index (χ1) is 9.70. The molecule has 0 amide bonds. The van der Waals surface area contributed by atoms with E-state index in [1.54, 1.807) is 11.8 Å². The summed E-state index contributed by atoms with van der Waals surface area (Å²) >= 11 is 1.79. The monoisotopic (exact) mass is 283 g/mol. The number of hydrogen-bond donors (Lipinski definition) is 1. The van der Waals surface area contributed by atoms with E-state index in [2.05, 4.69) is 28.5 Å². The summed E-state index contributed by atoms with van der Waals surface area (Å²) in [5, 5.41) is 12.5. The van der Waals surface area contributed by atoms with E-state index in [0.717, 1.165) is 23.6 Å². The highest BCUT2D eigenvalue weighted by Crippen LogP contribution is 2.19. The van der Waals surface area contributed by atoms with Gasteiger partial charge in [0.05, 0.1) is 5.56 Å². The highest BCUT2D eigenvalue weighted by Gasteiger charge is 2.07. The highest BCUT2D eigenvalue weighted by molar-refractivity contribution is 7.99. The molecule has 1 N–H and O–H groups in total. The minimum absolute atomic E-state index is 0.639. The van der Waals surface area contributed by atoms with E-state index in [1.165, 1.54) is 4.90 Å². The highest BCUT2D eigenvalue weighted by atomic mass is 32.2. The van der Waals surface area contributed by atoms with Crippen LogP contribution < -0.4 is 5.32 Å². The molecule has 0 unspecified atom stereocenters. The van der Waals surface area contributed by atoms with Gasteiger partial charge in [-0.25, -0.2) is 4.98 Å². The van der Waals surface area contributed by atoms with Crippen LogP contribution in [0.1, 0.15) is 16.8 Å². The molecule has 3 nitrogen and oxygen atoms in total. The molecule has 0 fully saturated rings. The zero-order valence-corrected chi connectivity index (χ0v) is 12.5. The lowest BCUT2D eigenvalue weighted by atomic mass is 10.1. The molecule has 102 valence electrons. The standard InChI is InChI=1S/C16H17N3S/c1-12-10-13(2)19-16(15(12)11-17)18-8-9-20-14-6-4-3-5-7-14/h3-7,10H,8-9H2,1-2H3,(H,18,19). The number of nitrogens with zero attached hydrogens (tertiary/aromatic N) is 2. The van der Waals surface area contributed by atoms with Crippen LogP contribution in [0.25, 0.3) is 0 Å². The molecule has 2 aromatic rings. The third-order valence-corrected chi connectivity index (χ3v) is 3.88. The van der Waals surface area contributed by atoms with E-state index in [-0.39, 0.29) is 0 Å². The van der Waals surface area contributed by atoms with Crippen molar-refractivity contribution in [3.8, 4) is 6.07 Å². The van der Waals surface area contributed by atoms with Gasteiger partial charge in [0.15, 0.2) is 0 Å². The molecular weight excluding hydrogens is 266 g/mol. The third kappa shape index (κ3) is 3.75. The van der Waals surface area contributed by atoms with Gasteiger partial charge in [-0.1, -0.05) is 18.2 Å². The summed E-state index contributed by atoms with van der Waals surface area (Å²) in [5.74, 6) is 1.63. The van der Waals surface area contributed by atoms with Crippen LogP contribution in [0.5, 0.6) is 0 Å². The van der Waals surface area contributed by atoms with Crippen LogP contribution in [0.2, 0.25) is 0 Å². The van der Waals surface area contributed by atoms with Crippen LogP contribution in [0.15, 0.2) is 41.3 Å². The number of aryl methyl sites for hydroxylation is 2. The van der Waals surface area contributed by atoms with Crippen molar-refractivity contribution in [3.63, 3.8) is 0 Å². The van der Waals surface area contributed by atoms with Crippen LogP contribution in [0.4, 0.5) is 5.82 Å². The van der Waals surface area contributed by atoms with Gasteiger partial charge < -0.3 is 5.32 Å². The van der Waals surface area contributed by atoms with E-state index in [1.807, 2.05) is 38.1 Å². The fourth-order valence-electron chi connectivity index (χ4n) is 1.96. The van der Waals surface area contributed by atoms with Gasteiger partial charge in [0.1, 0.15) is 11.9 Å². The Morgan fingerprint density at radius 3 is 2.70 bits per heavy atom. The number of nitriles is 1. The number of hydrogen-bond acceptors (Lipinski definition) is 4. The second kappa shape index (κ2) is 6.97. The first-order valence-corrected chi connectivity index (χ1v) is 7.49. The number of thioether (sulfide) groups is 1. The van der Waals surface area contributed by atoms with Crippen molar-refractivity contribution >= 4 is 17.6 Å². The molecule has 0 bridgehead atoms. The maximum atomic E-state index is 9.19. The van der Waals surface area contributed by atoms with Crippen molar-refractivity contribution in [2.45, 2.75) is 18.7 Å². The molecule has 0 radical (unpaired) electrons. The van der Waals surface area contributed by atoms with E-state index in [9.17, 15) is 5.26 Å².